The third-order valence-electron chi connectivity index (χ3n) is 3.05. The number of nitrogen functional groups attached to an aromatic ring is 1. The zero-order chi connectivity index (χ0) is 15.2. The topological polar surface area (TPSA) is 131 Å². The minimum absolute atomic E-state index is 0.224. The van der Waals surface area contributed by atoms with E-state index in [4.69, 9.17) is 16.3 Å². The highest BCUT2D eigenvalue weighted by molar-refractivity contribution is 5.51. The first-order valence-corrected chi connectivity index (χ1v) is 6.32. The van der Waals surface area contributed by atoms with Gasteiger partial charge in [0.1, 0.15) is 17.7 Å². The summed E-state index contributed by atoms with van der Waals surface area (Å²) in [6.45, 7) is 0.664. The summed E-state index contributed by atoms with van der Waals surface area (Å²) in [6.07, 6.45) is 4.44. The van der Waals surface area contributed by atoms with Crippen molar-refractivity contribution in [3.8, 4) is 12.1 Å². The van der Waals surface area contributed by atoms with Crippen molar-refractivity contribution in [3.05, 3.63) is 29.3 Å². The van der Waals surface area contributed by atoms with Crippen LogP contribution in [0, 0.1) is 22.7 Å². The molecule has 0 saturated carbocycles. The fourth-order valence-electron chi connectivity index (χ4n) is 1.99. The van der Waals surface area contributed by atoms with Crippen molar-refractivity contribution in [1.82, 2.24) is 20.2 Å². The maximum atomic E-state index is 9.00. The number of hydrogen-bond donors (Lipinski definition) is 2. The lowest BCUT2D eigenvalue weighted by atomic mass is 10.1. The van der Waals surface area contributed by atoms with Crippen molar-refractivity contribution in [1.29, 1.82) is 10.5 Å². The molecule has 2 heterocycles. The molecular weight excluding hydrogens is 268 g/mol. The molecule has 2 aromatic heterocycles. The molecule has 0 aliphatic rings. The Kier molecular flexibility index (Phi) is 4.32. The Bertz CT molecular complexity index is 706. The zero-order valence-electron chi connectivity index (χ0n) is 11.5. The third-order valence-corrected chi connectivity index (χ3v) is 3.05. The quantitative estimate of drug-likeness (QED) is 0.820. The Hall–Kier alpha value is -3.13. The van der Waals surface area contributed by atoms with Gasteiger partial charge in [0, 0.05) is 26.0 Å². The van der Waals surface area contributed by atoms with E-state index in [1.54, 1.807) is 6.20 Å². The minimum atomic E-state index is 0.224. The van der Waals surface area contributed by atoms with E-state index < -0.39 is 0 Å². The minimum Gasteiger partial charge on any atom is -0.381 e. The van der Waals surface area contributed by atoms with Gasteiger partial charge in [0.05, 0.1) is 5.69 Å². The van der Waals surface area contributed by atoms with E-state index in [9.17, 15) is 0 Å². The summed E-state index contributed by atoms with van der Waals surface area (Å²) in [4.78, 5) is 9.99. The highest BCUT2D eigenvalue weighted by Gasteiger charge is 2.12. The van der Waals surface area contributed by atoms with Crippen LogP contribution < -0.4 is 10.6 Å². The first-order valence-electron chi connectivity index (χ1n) is 6.32. The first-order chi connectivity index (χ1) is 10.2. The lowest BCUT2D eigenvalue weighted by molar-refractivity contribution is 0.756. The van der Waals surface area contributed by atoms with E-state index in [2.05, 4.69) is 20.2 Å². The second-order valence-corrected chi connectivity index (χ2v) is 4.44. The molecule has 0 aliphatic heterocycles. The van der Waals surface area contributed by atoms with Crippen LogP contribution in [0.5, 0.6) is 0 Å². The fraction of sp³-hybridized carbons (Fsp3) is 0.308. The average Bonchev–Trinajstić information content (AvgIpc) is 2.87. The summed E-state index contributed by atoms with van der Waals surface area (Å²) < 4.78 is 0. The Morgan fingerprint density at radius 1 is 1.29 bits per heavy atom. The smallest absolute Gasteiger partial charge is 0.183 e. The number of rotatable bonds is 5. The normalized spacial score (nSPS) is 9.86. The molecule has 2 aromatic rings. The summed E-state index contributed by atoms with van der Waals surface area (Å²) in [5.74, 6) is 0.770. The van der Waals surface area contributed by atoms with Gasteiger partial charge in [-0.15, -0.1) is 0 Å². The fourth-order valence-corrected chi connectivity index (χ4v) is 1.99. The molecule has 0 bridgehead atoms. The molecule has 106 valence electrons. The molecule has 3 N–H and O–H groups in total. The molecule has 8 heteroatoms. The molecule has 0 aliphatic carbocycles. The standard InChI is InChI=1S/C13H14N8/c1-21(13-11(8-15)17-4-5-18-13)6-2-3-10-9(7-14)12(16)20-19-10/h4-5H,2-3,6H2,1H3,(H3,16,19,20). The molecule has 8 nitrogen and oxygen atoms in total. The van der Waals surface area contributed by atoms with Crippen LogP contribution in [0.25, 0.3) is 0 Å². The van der Waals surface area contributed by atoms with Gasteiger partial charge in [0.25, 0.3) is 0 Å². The van der Waals surface area contributed by atoms with Crippen LogP contribution in [-0.2, 0) is 6.42 Å². The van der Waals surface area contributed by atoms with Crippen LogP contribution in [-0.4, -0.2) is 33.8 Å². The molecule has 0 saturated heterocycles. The van der Waals surface area contributed by atoms with Gasteiger partial charge in [0.2, 0.25) is 0 Å². The number of nitrogens with one attached hydrogen (secondary N) is 1. The second-order valence-electron chi connectivity index (χ2n) is 4.44. The maximum Gasteiger partial charge on any atom is 0.183 e. The summed E-state index contributed by atoms with van der Waals surface area (Å²) in [5.41, 5.74) is 7.00. The maximum absolute atomic E-state index is 9.00. The average molecular weight is 282 g/mol. The SMILES string of the molecule is CN(CCCc1[nH]nc(N)c1C#N)c1nccnc1C#N. The van der Waals surface area contributed by atoms with Gasteiger partial charge in [-0.25, -0.2) is 9.97 Å². The molecule has 0 atom stereocenters. The number of aromatic nitrogens is 4. The van der Waals surface area contributed by atoms with Crippen molar-refractivity contribution >= 4 is 11.6 Å². The number of nitriles is 2. The van der Waals surface area contributed by atoms with E-state index in [1.807, 2.05) is 24.1 Å². The number of hydrogen-bond acceptors (Lipinski definition) is 7. The van der Waals surface area contributed by atoms with Crippen LogP contribution in [0.2, 0.25) is 0 Å². The van der Waals surface area contributed by atoms with Gasteiger partial charge in [-0.3, -0.25) is 5.10 Å². The van der Waals surface area contributed by atoms with Crippen molar-refractivity contribution in [2.24, 2.45) is 0 Å². The number of aromatic amines is 1. The molecule has 0 unspecified atom stereocenters. The van der Waals surface area contributed by atoms with Crippen molar-refractivity contribution in [2.45, 2.75) is 12.8 Å². The van der Waals surface area contributed by atoms with Crippen LogP contribution in [0.4, 0.5) is 11.6 Å². The number of aryl methyl sites for hydroxylation is 1. The number of nitrogens with zero attached hydrogens (tertiary/aromatic N) is 6. The predicted molar refractivity (Wildman–Crippen MR) is 76.1 cm³/mol. The van der Waals surface area contributed by atoms with Gasteiger partial charge in [-0.2, -0.15) is 15.6 Å². The lowest BCUT2D eigenvalue weighted by Gasteiger charge is -2.18. The monoisotopic (exact) mass is 282 g/mol. The molecule has 21 heavy (non-hydrogen) atoms. The highest BCUT2D eigenvalue weighted by Crippen LogP contribution is 2.15. The molecular formula is C13H14N8. The van der Waals surface area contributed by atoms with Crippen LogP contribution in [0.1, 0.15) is 23.4 Å². The van der Waals surface area contributed by atoms with Crippen molar-refractivity contribution < 1.29 is 0 Å². The van der Waals surface area contributed by atoms with Crippen LogP contribution in [0.15, 0.2) is 12.4 Å². The Labute approximate surface area is 121 Å². The number of nitrogens with two attached hydrogens (primary N) is 1. The van der Waals surface area contributed by atoms with Crippen molar-refractivity contribution in [3.63, 3.8) is 0 Å². The van der Waals surface area contributed by atoms with E-state index in [1.165, 1.54) is 6.20 Å². The largest absolute Gasteiger partial charge is 0.381 e. The van der Waals surface area contributed by atoms with Crippen LogP contribution in [0.3, 0.4) is 0 Å². The van der Waals surface area contributed by atoms with Crippen molar-refractivity contribution in [2.75, 3.05) is 24.2 Å². The molecule has 0 aromatic carbocycles. The molecule has 0 fully saturated rings. The summed E-state index contributed by atoms with van der Waals surface area (Å²) in [7, 11) is 1.84. The first kappa shape index (κ1) is 14.3. The number of H-pyrrole nitrogens is 1. The number of anilines is 2. The van der Waals surface area contributed by atoms with Gasteiger partial charge in [-0.05, 0) is 12.8 Å². The summed E-state index contributed by atoms with van der Waals surface area (Å²) in [6, 6.07) is 4.05. The molecule has 0 amide bonds. The van der Waals surface area contributed by atoms with Gasteiger partial charge < -0.3 is 10.6 Å². The zero-order valence-corrected chi connectivity index (χ0v) is 11.5. The summed E-state index contributed by atoms with van der Waals surface area (Å²) in [5, 5.41) is 24.6. The summed E-state index contributed by atoms with van der Waals surface area (Å²) >= 11 is 0. The Morgan fingerprint density at radius 3 is 2.76 bits per heavy atom. The van der Waals surface area contributed by atoms with E-state index in [0.29, 0.717) is 30.0 Å². The predicted octanol–water partition coefficient (Wildman–Crippen LogP) is 0.594. The van der Waals surface area contributed by atoms with Crippen LogP contribution >= 0.6 is 0 Å². The second kappa shape index (κ2) is 6.35. The van der Waals surface area contributed by atoms with Gasteiger partial charge in [0.15, 0.2) is 17.3 Å². The lowest BCUT2D eigenvalue weighted by Crippen LogP contribution is -2.21. The Balaban J connectivity index is 1.98. The Morgan fingerprint density at radius 2 is 2.05 bits per heavy atom. The molecule has 0 radical (unpaired) electrons. The third kappa shape index (κ3) is 3.07. The van der Waals surface area contributed by atoms with E-state index in [-0.39, 0.29) is 5.82 Å². The van der Waals surface area contributed by atoms with E-state index >= 15 is 0 Å². The molecule has 2 rings (SSSR count). The highest BCUT2D eigenvalue weighted by atomic mass is 15.2. The molecule has 0 spiro atoms. The van der Waals surface area contributed by atoms with E-state index in [0.717, 1.165) is 12.1 Å². The van der Waals surface area contributed by atoms with Gasteiger partial charge >= 0.3 is 0 Å². The van der Waals surface area contributed by atoms with Gasteiger partial charge in [-0.1, -0.05) is 0 Å².